The molecule has 0 aromatic heterocycles. The molecule has 0 radical (unpaired) electrons. The topological polar surface area (TPSA) is 217 Å². The first-order valence-electron chi connectivity index (χ1n) is 19.7. The van der Waals surface area contributed by atoms with Gasteiger partial charge in [0.25, 0.3) is 5.91 Å². The summed E-state index contributed by atoms with van der Waals surface area (Å²) < 4.78 is 0. The van der Waals surface area contributed by atoms with Crippen LogP contribution in [0, 0.1) is 33.5 Å². The number of hydrogen-bond donors (Lipinski definition) is 6. The number of rotatable bonds is 13. The number of carboxylic acids is 1. The second-order valence-corrected chi connectivity index (χ2v) is 18.9. The van der Waals surface area contributed by atoms with Gasteiger partial charge in [0.1, 0.15) is 23.7 Å². The Bertz CT molecular complexity index is 1500. The van der Waals surface area contributed by atoms with Gasteiger partial charge in [-0.1, -0.05) is 79.6 Å². The lowest BCUT2D eigenvalue weighted by Crippen LogP contribution is -2.63. The van der Waals surface area contributed by atoms with E-state index in [1.165, 1.54) is 13.8 Å². The average molecular weight is 743 g/mol. The number of carbonyl (C=O) groups excluding carboxylic acids is 6. The molecule has 5 aliphatic rings. The third-order valence-corrected chi connectivity index (χ3v) is 14.1. The Morgan fingerprint density at radius 3 is 1.92 bits per heavy atom. The van der Waals surface area contributed by atoms with Gasteiger partial charge in [0, 0.05) is 12.0 Å². The van der Waals surface area contributed by atoms with E-state index in [0.29, 0.717) is 32.2 Å². The van der Waals surface area contributed by atoms with Crippen molar-refractivity contribution in [3.8, 4) is 0 Å². The number of nitrogens with one attached hydrogen (secondary N) is 4. The van der Waals surface area contributed by atoms with Gasteiger partial charge in [-0.25, -0.2) is 9.59 Å². The van der Waals surface area contributed by atoms with Crippen LogP contribution in [-0.4, -0.2) is 87.7 Å². The summed E-state index contributed by atoms with van der Waals surface area (Å²) in [6.45, 7) is 12.9. The summed E-state index contributed by atoms with van der Waals surface area (Å²) in [5.74, 6) is -4.73. The fraction of sp³-hybridized carbons (Fsp3) is 0.821. The normalized spacial score (nSPS) is 26.7. The number of likely N-dealkylation sites (tertiary alicyclic amines) is 1. The molecule has 5 fully saturated rings. The molecule has 0 bridgehead atoms. The third kappa shape index (κ3) is 7.39. The molecule has 5 atom stereocenters. The molecule has 4 saturated carbocycles. The predicted octanol–water partition coefficient (Wildman–Crippen LogP) is 3.16. The molecule has 2 spiro atoms. The van der Waals surface area contributed by atoms with E-state index in [0.717, 1.165) is 57.8 Å². The smallest absolute Gasteiger partial charge is 0.328 e. The summed E-state index contributed by atoms with van der Waals surface area (Å²) in [6.07, 6.45) is 10.7. The number of carbonyl (C=O) groups is 7. The van der Waals surface area contributed by atoms with Gasteiger partial charge in [-0.2, -0.15) is 0 Å². The minimum absolute atomic E-state index is 0.0184. The van der Waals surface area contributed by atoms with Crippen LogP contribution in [0.5, 0.6) is 0 Å². The number of nitrogens with zero attached hydrogens (tertiary/aromatic N) is 1. The number of hydrogen-bond acceptors (Lipinski definition) is 7. The standard InChI is InChI=1S/C39H62N6O8/c1-35(2,3)28(43-31(49)26(23-15-9-8-10-16-23)42-34(53)44-36(4,5)33(51)52)32(50)45-21-39(37(6,7)38(39)17-12-18-38)20-25(45)30(48)41-24(27(46)29(40)47)19-22-13-11-14-22/h22-26,28H,8-21H2,1-7H3,(H2,40,47)(H,41,48)(H,43,49)(H,51,52)(H2,42,44,53)/t24?,25-,26-,28+,39+/m0/s1. The summed E-state index contributed by atoms with van der Waals surface area (Å²) in [4.78, 5) is 95.0. The summed E-state index contributed by atoms with van der Waals surface area (Å²) in [5.41, 5.74) is 2.50. The zero-order chi connectivity index (χ0) is 39.3. The van der Waals surface area contributed by atoms with Crippen molar-refractivity contribution in [1.29, 1.82) is 0 Å². The maximum atomic E-state index is 15.0. The van der Waals surface area contributed by atoms with Gasteiger partial charge in [0.15, 0.2) is 0 Å². The van der Waals surface area contributed by atoms with Gasteiger partial charge >= 0.3 is 12.0 Å². The van der Waals surface area contributed by atoms with Gasteiger partial charge in [0.2, 0.25) is 23.5 Å². The zero-order valence-electron chi connectivity index (χ0n) is 32.7. The molecule has 1 aliphatic heterocycles. The van der Waals surface area contributed by atoms with Crippen LogP contribution in [0.1, 0.15) is 132 Å². The molecule has 1 saturated heterocycles. The van der Waals surface area contributed by atoms with Gasteiger partial charge in [-0.05, 0) is 80.5 Å². The highest BCUT2D eigenvalue weighted by atomic mass is 16.4. The number of carboxylic acid groups (broad SMARTS) is 1. The van der Waals surface area contributed by atoms with Crippen molar-refractivity contribution in [2.45, 2.75) is 162 Å². The summed E-state index contributed by atoms with van der Waals surface area (Å²) in [6, 6.07) is -4.95. The monoisotopic (exact) mass is 742 g/mol. The Kier molecular flexibility index (Phi) is 11.1. The number of urea groups is 1. The summed E-state index contributed by atoms with van der Waals surface area (Å²) in [5, 5.41) is 20.6. The fourth-order valence-electron chi connectivity index (χ4n) is 10.2. The quantitative estimate of drug-likeness (QED) is 0.154. The van der Waals surface area contributed by atoms with E-state index in [1.807, 2.05) is 20.8 Å². The Balaban J connectivity index is 1.43. The van der Waals surface area contributed by atoms with Crippen molar-refractivity contribution in [2.75, 3.05) is 6.54 Å². The molecular weight excluding hydrogens is 680 g/mol. The largest absolute Gasteiger partial charge is 0.480 e. The van der Waals surface area contributed by atoms with Gasteiger partial charge in [0.05, 0.1) is 6.04 Å². The molecule has 14 heteroatoms. The van der Waals surface area contributed by atoms with Crippen LogP contribution >= 0.6 is 0 Å². The average Bonchev–Trinajstić information content (AvgIpc) is 3.25. The van der Waals surface area contributed by atoms with Crippen molar-refractivity contribution in [3.63, 3.8) is 0 Å². The van der Waals surface area contributed by atoms with Crippen molar-refractivity contribution in [2.24, 2.45) is 39.2 Å². The lowest BCUT2D eigenvalue weighted by molar-refractivity contribution is -0.145. The molecule has 53 heavy (non-hydrogen) atoms. The molecule has 5 rings (SSSR count). The van der Waals surface area contributed by atoms with Crippen molar-refractivity contribution in [1.82, 2.24) is 26.2 Å². The van der Waals surface area contributed by atoms with Crippen LogP contribution < -0.4 is 27.0 Å². The van der Waals surface area contributed by atoms with Gasteiger partial charge in [-0.3, -0.25) is 24.0 Å². The van der Waals surface area contributed by atoms with Crippen LogP contribution in [0.3, 0.4) is 0 Å². The number of Topliss-reactive ketones (excluding diaryl/α,β-unsaturated/α-hetero) is 1. The molecule has 6 amide bonds. The van der Waals surface area contributed by atoms with E-state index < -0.39 is 76.5 Å². The van der Waals surface area contributed by atoms with Gasteiger partial charge < -0.3 is 37.0 Å². The number of nitrogens with two attached hydrogens (primary N) is 1. The molecule has 1 unspecified atom stereocenters. The fourth-order valence-corrected chi connectivity index (χ4v) is 10.2. The maximum Gasteiger partial charge on any atom is 0.328 e. The molecule has 0 aromatic carbocycles. The van der Waals surface area contributed by atoms with Crippen molar-refractivity contribution < 1.29 is 38.7 Å². The first-order valence-corrected chi connectivity index (χ1v) is 19.7. The highest BCUT2D eigenvalue weighted by Crippen LogP contribution is 2.88. The van der Waals surface area contributed by atoms with Crippen LogP contribution in [-0.2, 0) is 28.8 Å². The minimum atomic E-state index is -1.59. The van der Waals surface area contributed by atoms with E-state index in [2.05, 4.69) is 35.1 Å². The molecule has 0 aromatic rings. The number of ketones is 1. The van der Waals surface area contributed by atoms with E-state index in [4.69, 9.17) is 5.73 Å². The third-order valence-electron chi connectivity index (χ3n) is 14.1. The molecule has 14 nitrogen and oxygen atoms in total. The Labute approximate surface area is 313 Å². The summed E-state index contributed by atoms with van der Waals surface area (Å²) in [7, 11) is 0. The Morgan fingerprint density at radius 1 is 0.830 bits per heavy atom. The second-order valence-electron chi connectivity index (χ2n) is 18.9. The predicted molar refractivity (Wildman–Crippen MR) is 196 cm³/mol. The Morgan fingerprint density at radius 2 is 1.45 bits per heavy atom. The van der Waals surface area contributed by atoms with E-state index in [1.54, 1.807) is 4.90 Å². The summed E-state index contributed by atoms with van der Waals surface area (Å²) >= 11 is 0. The lowest BCUT2D eigenvalue weighted by Gasteiger charge is -2.38. The van der Waals surface area contributed by atoms with E-state index >= 15 is 0 Å². The number of amides is 6. The van der Waals surface area contributed by atoms with Crippen molar-refractivity contribution >= 4 is 41.4 Å². The van der Waals surface area contributed by atoms with E-state index in [9.17, 15) is 38.7 Å². The van der Waals surface area contributed by atoms with Crippen LogP contribution in [0.2, 0.25) is 0 Å². The first-order chi connectivity index (χ1) is 24.6. The van der Waals surface area contributed by atoms with Crippen molar-refractivity contribution in [3.05, 3.63) is 0 Å². The minimum Gasteiger partial charge on any atom is -0.480 e. The molecule has 296 valence electrons. The lowest BCUT2D eigenvalue weighted by atomic mass is 9.73. The maximum absolute atomic E-state index is 15.0. The van der Waals surface area contributed by atoms with Gasteiger partial charge in [-0.15, -0.1) is 0 Å². The van der Waals surface area contributed by atoms with Crippen LogP contribution in [0.4, 0.5) is 4.79 Å². The second kappa shape index (κ2) is 14.5. The molecule has 4 aliphatic carbocycles. The highest BCUT2D eigenvalue weighted by Gasteiger charge is 2.85. The molecule has 7 N–H and O–H groups in total. The van der Waals surface area contributed by atoms with E-state index in [-0.39, 0.29) is 28.1 Å². The number of aliphatic carboxylic acids is 1. The van der Waals surface area contributed by atoms with Crippen LogP contribution in [0.25, 0.3) is 0 Å². The number of primary amides is 1. The first kappa shape index (κ1) is 40.5. The van der Waals surface area contributed by atoms with Crippen LogP contribution in [0.15, 0.2) is 0 Å². The highest BCUT2D eigenvalue weighted by molar-refractivity contribution is 6.37. The zero-order valence-corrected chi connectivity index (χ0v) is 32.7. The molecule has 1 heterocycles. The Hall–Kier alpha value is -3.71. The SMILES string of the molecule is CC(C)(NC(=O)N[C@H](C(=O)N[C@H](C(=O)N1C[C@]2(C[C@H]1C(=O)NC(CC1CCC1)C(=O)C(N)=O)C(C)(C)C21CCC1)C(C)(C)C)C1CCCCC1)C(=O)O. The number of fused-ring (bicyclic) bond motifs is 1. The molecular formula is C39H62N6O8.